The van der Waals surface area contributed by atoms with E-state index in [9.17, 15) is 4.79 Å². The van der Waals surface area contributed by atoms with Gasteiger partial charge < -0.3 is 4.57 Å². The molecule has 0 saturated heterocycles. The van der Waals surface area contributed by atoms with Crippen LogP contribution < -0.4 is 4.80 Å². The highest BCUT2D eigenvalue weighted by atomic mass is 32.1. The average molecular weight is 316 g/mol. The Bertz CT molecular complexity index is 748. The van der Waals surface area contributed by atoms with Gasteiger partial charge in [-0.1, -0.05) is 50.5 Å². The zero-order chi connectivity index (χ0) is 15.7. The molecule has 1 heterocycles. The molecule has 1 fully saturated rings. The van der Waals surface area contributed by atoms with E-state index in [4.69, 9.17) is 0 Å². The van der Waals surface area contributed by atoms with E-state index in [2.05, 4.69) is 37.0 Å². The maximum absolute atomic E-state index is 12.4. The third-order valence-electron chi connectivity index (χ3n) is 4.66. The van der Waals surface area contributed by atoms with Crippen molar-refractivity contribution < 1.29 is 4.79 Å². The van der Waals surface area contributed by atoms with Gasteiger partial charge in [0.25, 0.3) is 5.91 Å². The van der Waals surface area contributed by atoms with Crippen molar-refractivity contribution in [2.24, 2.45) is 18.0 Å². The molecule has 0 bridgehead atoms. The zero-order valence-electron chi connectivity index (χ0n) is 13.6. The number of fused-ring (bicyclic) bond motifs is 1. The molecule has 1 aliphatic carbocycles. The summed E-state index contributed by atoms with van der Waals surface area (Å²) < 4.78 is 3.26. The Morgan fingerprint density at radius 1 is 1.27 bits per heavy atom. The Kier molecular flexibility index (Phi) is 4.48. The molecule has 3 rings (SSSR count). The van der Waals surface area contributed by atoms with Crippen molar-refractivity contribution in [3.05, 3.63) is 28.6 Å². The van der Waals surface area contributed by atoms with Crippen molar-refractivity contribution >= 4 is 27.5 Å². The molecule has 22 heavy (non-hydrogen) atoms. The molecule has 1 aliphatic rings. The number of nitrogens with zero attached hydrogens (tertiary/aromatic N) is 2. The van der Waals surface area contributed by atoms with Crippen molar-refractivity contribution in [1.82, 2.24) is 4.57 Å². The SMILES string of the molecule is CC(C)c1ccc2c(c1)sc(=NC(=O)C1CCCCC1)n2C. The Labute approximate surface area is 135 Å². The summed E-state index contributed by atoms with van der Waals surface area (Å²) in [5.41, 5.74) is 2.49. The molecular formula is C18H24N2OS. The molecule has 118 valence electrons. The number of benzene rings is 1. The second-order valence-electron chi connectivity index (χ2n) is 6.61. The predicted octanol–water partition coefficient (Wildman–Crippen LogP) is 4.37. The van der Waals surface area contributed by atoms with E-state index in [1.54, 1.807) is 11.3 Å². The molecule has 4 heteroatoms. The Hall–Kier alpha value is -1.42. The lowest BCUT2D eigenvalue weighted by atomic mass is 9.89. The van der Waals surface area contributed by atoms with Crippen LogP contribution in [-0.4, -0.2) is 10.5 Å². The smallest absolute Gasteiger partial charge is 0.251 e. The van der Waals surface area contributed by atoms with E-state index in [1.807, 2.05) is 11.6 Å². The van der Waals surface area contributed by atoms with Crippen LogP contribution in [0.3, 0.4) is 0 Å². The minimum absolute atomic E-state index is 0.0749. The van der Waals surface area contributed by atoms with Gasteiger partial charge >= 0.3 is 0 Å². The van der Waals surface area contributed by atoms with E-state index < -0.39 is 0 Å². The third-order valence-corrected chi connectivity index (χ3v) is 5.75. The van der Waals surface area contributed by atoms with Crippen LogP contribution in [0.5, 0.6) is 0 Å². The molecule has 1 aromatic heterocycles. The maximum atomic E-state index is 12.4. The first-order valence-electron chi connectivity index (χ1n) is 8.24. The van der Waals surface area contributed by atoms with Gasteiger partial charge in [-0.25, -0.2) is 0 Å². The molecule has 0 radical (unpaired) electrons. The fourth-order valence-electron chi connectivity index (χ4n) is 3.15. The minimum Gasteiger partial charge on any atom is -0.319 e. The molecule has 1 amide bonds. The van der Waals surface area contributed by atoms with Gasteiger partial charge in [0.1, 0.15) is 0 Å². The van der Waals surface area contributed by atoms with Crippen LogP contribution in [0, 0.1) is 5.92 Å². The van der Waals surface area contributed by atoms with Crippen LogP contribution in [0.2, 0.25) is 0 Å². The molecule has 0 spiro atoms. The molecule has 0 unspecified atom stereocenters. The number of thiazole rings is 1. The van der Waals surface area contributed by atoms with Crippen LogP contribution in [-0.2, 0) is 11.8 Å². The standard InChI is InChI=1S/C18H24N2OS/c1-12(2)14-9-10-15-16(11-14)22-18(20(15)3)19-17(21)13-7-5-4-6-8-13/h9-13H,4-8H2,1-3H3. The van der Waals surface area contributed by atoms with Gasteiger partial charge in [0.15, 0.2) is 4.80 Å². The Balaban J connectivity index is 1.97. The molecule has 2 aromatic rings. The van der Waals surface area contributed by atoms with Gasteiger partial charge in [-0.15, -0.1) is 0 Å². The molecule has 1 saturated carbocycles. The number of aryl methyl sites for hydroxylation is 1. The van der Waals surface area contributed by atoms with Crippen molar-refractivity contribution in [3.63, 3.8) is 0 Å². The summed E-state index contributed by atoms with van der Waals surface area (Å²) in [5, 5.41) is 0. The molecule has 3 nitrogen and oxygen atoms in total. The summed E-state index contributed by atoms with van der Waals surface area (Å²) in [7, 11) is 2.00. The molecule has 0 N–H and O–H groups in total. The first kappa shape index (κ1) is 15.5. The highest BCUT2D eigenvalue weighted by molar-refractivity contribution is 7.16. The predicted molar refractivity (Wildman–Crippen MR) is 92.0 cm³/mol. The monoisotopic (exact) mass is 316 g/mol. The van der Waals surface area contributed by atoms with Gasteiger partial charge in [0, 0.05) is 13.0 Å². The fourth-order valence-corrected chi connectivity index (χ4v) is 4.22. The lowest BCUT2D eigenvalue weighted by Crippen LogP contribution is -2.20. The van der Waals surface area contributed by atoms with Crippen molar-refractivity contribution in [3.8, 4) is 0 Å². The number of carbonyl (C=O) groups is 1. The summed E-state index contributed by atoms with van der Waals surface area (Å²) in [4.78, 5) is 17.7. The van der Waals surface area contributed by atoms with Gasteiger partial charge in [0.05, 0.1) is 10.2 Å². The minimum atomic E-state index is 0.0749. The van der Waals surface area contributed by atoms with Crippen LogP contribution in [0.15, 0.2) is 23.2 Å². The van der Waals surface area contributed by atoms with Crippen LogP contribution in [0.25, 0.3) is 10.2 Å². The van der Waals surface area contributed by atoms with Crippen molar-refractivity contribution in [2.75, 3.05) is 0 Å². The molecule has 1 aromatic carbocycles. The van der Waals surface area contributed by atoms with E-state index >= 15 is 0 Å². The van der Waals surface area contributed by atoms with Crippen LogP contribution >= 0.6 is 11.3 Å². The van der Waals surface area contributed by atoms with Gasteiger partial charge in [-0.05, 0) is 36.5 Å². The molecule has 0 aliphatic heterocycles. The fraction of sp³-hybridized carbons (Fsp3) is 0.556. The van der Waals surface area contributed by atoms with Crippen LogP contribution in [0.1, 0.15) is 57.4 Å². The first-order chi connectivity index (χ1) is 10.6. The average Bonchev–Trinajstić information content (AvgIpc) is 2.84. The van der Waals surface area contributed by atoms with Gasteiger partial charge in [-0.2, -0.15) is 4.99 Å². The lowest BCUT2D eigenvalue weighted by molar-refractivity contribution is -0.122. The second-order valence-corrected chi connectivity index (χ2v) is 7.62. The van der Waals surface area contributed by atoms with Gasteiger partial charge in [0.2, 0.25) is 0 Å². The van der Waals surface area contributed by atoms with E-state index in [0.29, 0.717) is 5.92 Å². The number of carbonyl (C=O) groups excluding carboxylic acids is 1. The highest BCUT2D eigenvalue weighted by Crippen LogP contribution is 2.25. The summed E-state index contributed by atoms with van der Waals surface area (Å²) in [6, 6.07) is 6.55. The Morgan fingerprint density at radius 3 is 2.68 bits per heavy atom. The topological polar surface area (TPSA) is 34.4 Å². The van der Waals surface area contributed by atoms with Crippen molar-refractivity contribution in [2.45, 2.75) is 51.9 Å². The summed E-state index contributed by atoms with van der Waals surface area (Å²) >= 11 is 1.62. The number of hydrogen-bond acceptors (Lipinski definition) is 2. The molecular weight excluding hydrogens is 292 g/mol. The van der Waals surface area contributed by atoms with E-state index in [1.165, 1.54) is 29.5 Å². The normalized spacial score (nSPS) is 17.5. The van der Waals surface area contributed by atoms with Crippen molar-refractivity contribution in [1.29, 1.82) is 0 Å². The third kappa shape index (κ3) is 3.02. The zero-order valence-corrected chi connectivity index (χ0v) is 14.4. The second kappa shape index (κ2) is 6.37. The maximum Gasteiger partial charge on any atom is 0.251 e. The largest absolute Gasteiger partial charge is 0.319 e. The molecule has 0 atom stereocenters. The quantitative estimate of drug-likeness (QED) is 0.810. The Morgan fingerprint density at radius 2 is 2.00 bits per heavy atom. The summed E-state index contributed by atoms with van der Waals surface area (Å²) in [5.74, 6) is 0.734. The van der Waals surface area contributed by atoms with Crippen LogP contribution in [0.4, 0.5) is 0 Å². The first-order valence-corrected chi connectivity index (χ1v) is 9.06. The van der Waals surface area contributed by atoms with E-state index in [-0.39, 0.29) is 11.8 Å². The summed E-state index contributed by atoms with van der Waals surface area (Å²) in [6.45, 7) is 4.40. The highest BCUT2D eigenvalue weighted by Gasteiger charge is 2.20. The number of hydrogen-bond donors (Lipinski definition) is 0. The number of rotatable bonds is 2. The number of amides is 1. The summed E-state index contributed by atoms with van der Waals surface area (Å²) in [6.07, 6.45) is 5.62. The number of aromatic nitrogens is 1. The van der Waals surface area contributed by atoms with Gasteiger partial charge in [-0.3, -0.25) is 4.79 Å². The lowest BCUT2D eigenvalue weighted by Gasteiger charge is -2.17. The van der Waals surface area contributed by atoms with E-state index in [0.717, 1.165) is 23.2 Å².